The van der Waals surface area contributed by atoms with Crippen molar-refractivity contribution in [2.75, 3.05) is 0 Å². The van der Waals surface area contributed by atoms with Crippen molar-refractivity contribution in [2.45, 2.75) is 6.92 Å². The summed E-state index contributed by atoms with van der Waals surface area (Å²) >= 11 is 0. The number of aryl methyl sites for hydroxylation is 1. The third-order valence-corrected chi connectivity index (χ3v) is 3.06. The van der Waals surface area contributed by atoms with Crippen LogP contribution < -0.4 is 10.4 Å². The number of hydrogen-bond donors (Lipinski definition) is 0. The number of pyridine rings is 1. The van der Waals surface area contributed by atoms with E-state index in [1.165, 1.54) is 18.5 Å². The molecule has 3 aromatic rings. The van der Waals surface area contributed by atoms with Gasteiger partial charge in [0.05, 0.1) is 11.8 Å². The highest BCUT2D eigenvalue weighted by Crippen LogP contribution is 2.27. The van der Waals surface area contributed by atoms with E-state index in [1.54, 1.807) is 18.2 Å². The van der Waals surface area contributed by atoms with Crippen LogP contribution in [-0.2, 0) is 0 Å². The van der Waals surface area contributed by atoms with Crippen LogP contribution in [-0.4, -0.2) is 4.98 Å². The molecule has 0 atom stereocenters. The van der Waals surface area contributed by atoms with Gasteiger partial charge in [0.1, 0.15) is 17.4 Å². The van der Waals surface area contributed by atoms with Gasteiger partial charge in [-0.1, -0.05) is 0 Å². The van der Waals surface area contributed by atoms with Crippen molar-refractivity contribution in [3.05, 3.63) is 64.3 Å². The molecule has 3 rings (SSSR count). The number of nitrogens with zero attached hydrogens (tertiary/aromatic N) is 2. The van der Waals surface area contributed by atoms with Crippen LogP contribution >= 0.6 is 0 Å². The highest BCUT2D eigenvalue weighted by molar-refractivity contribution is 5.81. The Morgan fingerprint density at radius 2 is 2.14 bits per heavy atom. The zero-order valence-corrected chi connectivity index (χ0v) is 11.2. The molecule has 102 valence electrons. The zero-order valence-electron chi connectivity index (χ0n) is 11.2. The second-order valence-electron chi connectivity index (χ2n) is 4.49. The van der Waals surface area contributed by atoms with Gasteiger partial charge in [-0.25, -0.2) is 4.79 Å². The first-order chi connectivity index (χ1) is 10.2. The van der Waals surface area contributed by atoms with E-state index in [2.05, 4.69) is 4.98 Å². The Labute approximate surface area is 120 Å². The standard InChI is InChI=1S/C16H10N2O3/c1-10-6-16(19)21-14-7-12(2-3-13(10)14)20-15-9-18-5-4-11(15)8-17/h2-7,9H,1H3. The monoisotopic (exact) mass is 278 g/mol. The fraction of sp³-hybridized carbons (Fsp3) is 0.0625. The lowest BCUT2D eigenvalue weighted by Crippen LogP contribution is -1.98. The number of benzene rings is 1. The minimum atomic E-state index is -0.406. The Morgan fingerprint density at radius 3 is 2.95 bits per heavy atom. The summed E-state index contributed by atoms with van der Waals surface area (Å²) in [4.78, 5) is 15.3. The summed E-state index contributed by atoms with van der Waals surface area (Å²) in [6.45, 7) is 1.84. The summed E-state index contributed by atoms with van der Waals surface area (Å²) in [5.41, 5.74) is 1.26. The van der Waals surface area contributed by atoms with E-state index in [9.17, 15) is 4.79 Å². The van der Waals surface area contributed by atoms with Crippen molar-refractivity contribution in [3.8, 4) is 17.6 Å². The maximum atomic E-state index is 11.4. The van der Waals surface area contributed by atoms with Crippen molar-refractivity contribution < 1.29 is 9.15 Å². The summed E-state index contributed by atoms with van der Waals surface area (Å²) < 4.78 is 10.8. The molecule has 21 heavy (non-hydrogen) atoms. The zero-order chi connectivity index (χ0) is 14.8. The van der Waals surface area contributed by atoms with Crippen molar-refractivity contribution in [1.82, 2.24) is 4.98 Å². The normalized spacial score (nSPS) is 10.3. The Bertz CT molecular complexity index is 923. The van der Waals surface area contributed by atoms with Crippen LogP contribution in [0, 0.1) is 18.3 Å². The third kappa shape index (κ3) is 2.47. The first-order valence-corrected chi connectivity index (χ1v) is 6.24. The Hall–Kier alpha value is -3.13. The molecule has 0 amide bonds. The summed E-state index contributed by atoms with van der Waals surface area (Å²) in [6.07, 6.45) is 2.99. The number of aromatic nitrogens is 1. The lowest BCUT2D eigenvalue weighted by Gasteiger charge is -2.07. The Balaban J connectivity index is 2.06. The summed E-state index contributed by atoms with van der Waals surface area (Å²) in [6, 6.07) is 10.2. The second-order valence-corrected chi connectivity index (χ2v) is 4.49. The molecule has 0 bridgehead atoms. The van der Waals surface area contributed by atoms with Crippen molar-refractivity contribution in [3.63, 3.8) is 0 Å². The van der Waals surface area contributed by atoms with E-state index < -0.39 is 5.63 Å². The van der Waals surface area contributed by atoms with Gasteiger partial charge in [-0.05, 0) is 30.7 Å². The quantitative estimate of drug-likeness (QED) is 0.673. The molecule has 5 heteroatoms. The Kier molecular flexibility index (Phi) is 3.13. The SMILES string of the molecule is Cc1cc(=O)oc2cc(Oc3cnccc3C#N)ccc12. The molecule has 0 unspecified atom stereocenters. The van der Waals surface area contributed by atoms with E-state index >= 15 is 0 Å². The van der Waals surface area contributed by atoms with Gasteiger partial charge in [-0.2, -0.15) is 5.26 Å². The maximum absolute atomic E-state index is 11.4. The molecule has 0 spiro atoms. The summed E-state index contributed by atoms with van der Waals surface area (Å²) in [5.74, 6) is 0.829. The molecule has 1 aromatic carbocycles. The van der Waals surface area contributed by atoms with E-state index in [0.717, 1.165) is 10.9 Å². The number of rotatable bonds is 2. The average Bonchev–Trinajstić information content (AvgIpc) is 2.47. The van der Waals surface area contributed by atoms with E-state index in [-0.39, 0.29) is 0 Å². The van der Waals surface area contributed by atoms with Crippen LogP contribution in [0.3, 0.4) is 0 Å². The van der Waals surface area contributed by atoms with E-state index in [1.807, 2.05) is 19.1 Å². The van der Waals surface area contributed by atoms with Crippen LogP contribution in [0.1, 0.15) is 11.1 Å². The van der Waals surface area contributed by atoms with Crippen LogP contribution in [0.25, 0.3) is 11.0 Å². The predicted molar refractivity (Wildman–Crippen MR) is 76.2 cm³/mol. The van der Waals surface area contributed by atoms with Crippen LogP contribution in [0.15, 0.2) is 51.9 Å². The largest absolute Gasteiger partial charge is 0.454 e. The Morgan fingerprint density at radius 1 is 1.29 bits per heavy atom. The molecule has 2 aromatic heterocycles. The molecular formula is C16H10N2O3. The van der Waals surface area contributed by atoms with E-state index in [0.29, 0.717) is 22.6 Å². The van der Waals surface area contributed by atoms with Gasteiger partial charge in [0.15, 0.2) is 5.75 Å². The van der Waals surface area contributed by atoms with Crippen LogP contribution in [0.4, 0.5) is 0 Å². The van der Waals surface area contributed by atoms with Gasteiger partial charge in [0.25, 0.3) is 0 Å². The lowest BCUT2D eigenvalue weighted by atomic mass is 10.1. The fourth-order valence-corrected chi connectivity index (χ4v) is 2.05. The highest BCUT2D eigenvalue weighted by Gasteiger charge is 2.07. The van der Waals surface area contributed by atoms with Crippen molar-refractivity contribution >= 4 is 11.0 Å². The summed E-state index contributed by atoms with van der Waals surface area (Å²) in [5, 5.41) is 9.86. The third-order valence-electron chi connectivity index (χ3n) is 3.06. The average molecular weight is 278 g/mol. The van der Waals surface area contributed by atoms with Gasteiger partial charge in [-0.3, -0.25) is 4.98 Å². The highest BCUT2D eigenvalue weighted by atomic mass is 16.5. The van der Waals surface area contributed by atoms with Gasteiger partial charge in [-0.15, -0.1) is 0 Å². The van der Waals surface area contributed by atoms with Crippen LogP contribution in [0.2, 0.25) is 0 Å². The van der Waals surface area contributed by atoms with Gasteiger partial charge in [0, 0.05) is 23.7 Å². The first-order valence-electron chi connectivity index (χ1n) is 6.24. The van der Waals surface area contributed by atoms with Crippen molar-refractivity contribution in [2.24, 2.45) is 0 Å². The number of nitriles is 1. The van der Waals surface area contributed by atoms with Gasteiger partial charge in [0.2, 0.25) is 0 Å². The smallest absolute Gasteiger partial charge is 0.336 e. The predicted octanol–water partition coefficient (Wildman–Crippen LogP) is 3.16. The maximum Gasteiger partial charge on any atom is 0.336 e. The van der Waals surface area contributed by atoms with Gasteiger partial charge < -0.3 is 9.15 Å². The molecule has 0 aliphatic rings. The molecule has 0 fully saturated rings. The van der Waals surface area contributed by atoms with Crippen LogP contribution in [0.5, 0.6) is 11.5 Å². The topological polar surface area (TPSA) is 76.1 Å². The molecule has 0 radical (unpaired) electrons. The first kappa shape index (κ1) is 12.9. The summed E-state index contributed by atoms with van der Waals surface area (Å²) in [7, 11) is 0. The molecule has 0 aliphatic heterocycles. The second kappa shape index (κ2) is 5.10. The molecule has 0 N–H and O–H groups in total. The molecule has 0 saturated heterocycles. The molecular weight excluding hydrogens is 268 g/mol. The van der Waals surface area contributed by atoms with E-state index in [4.69, 9.17) is 14.4 Å². The molecule has 0 aliphatic carbocycles. The van der Waals surface area contributed by atoms with Gasteiger partial charge >= 0.3 is 5.63 Å². The molecule has 0 saturated carbocycles. The molecule has 5 nitrogen and oxygen atoms in total. The minimum absolute atomic E-state index is 0.356. The lowest BCUT2D eigenvalue weighted by molar-refractivity contribution is 0.476. The number of hydrogen-bond acceptors (Lipinski definition) is 5. The number of ether oxygens (including phenoxy) is 1. The number of fused-ring (bicyclic) bond motifs is 1. The molecule has 2 heterocycles. The minimum Gasteiger partial charge on any atom is -0.454 e. The van der Waals surface area contributed by atoms with Crippen molar-refractivity contribution in [1.29, 1.82) is 5.26 Å². The fourth-order valence-electron chi connectivity index (χ4n) is 2.05.